The van der Waals surface area contributed by atoms with E-state index in [2.05, 4.69) is 43.4 Å². The molecule has 0 radical (unpaired) electrons. The summed E-state index contributed by atoms with van der Waals surface area (Å²) in [6.45, 7) is 11.6. The van der Waals surface area contributed by atoms with E-state index in [1.165, 1.54) is 11.1 Å². The summed E-state index contributed by atoms with van der Waals surface area (Å²) in [6.07, 6.45) is 2.82. The number of likely N-dealkylation sites (tertiary alicyclic amines) is 1. The van der Waals surface area contributed by atoms with Crippen LogP contribution in [0.4, 0.5) is 4.79 Å². The number of hydrogen-bond acceptors (Lipinski definition) is 3. The molecule has 2 rings (SSSR count). The molecule has 1 fully saturated rings. The largest absolute Gasteiger partial charge is 0.444 e. The van der Waals surface area contributed by atoms with Crippen LogP contribution in [-0.4, -0.2) is 35.7 Å². The average Bonchev–Trinajstić information content (AvgIpc) is 2.54. The van der Waals surface area contributed by atoms with E-state index in [1.54, 1.807) is 0 Å². The highest BCUT2D eigenvalue weighted by Gasteiger charge is 2.27. The SMILES string of the molecule is CCc1ccc([C@H](C)NC2CCN(C(=O)OC(C)(C)C)CC2)cc1. The average molecular weight is 332 g/mol. The molecule has 0 unspecified atom stereocenters. The summed E-state index contributed by atoms with van der Waals surface area (Å²) < 4.78 is 5.45. The number of carbonyl (C=O) groups is 1. The zero-order valence-electron chi connectivity index (χ0n) is 15.8. The maximum absolute atomic E-state index is 12.1. The molecule has 134 valence electrons. The quantitative estimate of drug-likeness (QED) is 0.894. The minimum Gasteiger partial charge on any atom is -0.444 e. The third-order valence-electron chi connectivity index (χ3n) is 4.52. The monoisotopic (exact) mass is 332 g/mol. The van der Waals surface area contributed by atoms with Crippen molar-refractivity contribution in [2.24, 2.45) is 0 Å². The maximum atomic E-state index is 12.1. The van der Waals surface area contributed by atoms with E-state index in [1.807, 2.05) is 25.7 Å². The Balaban J connectivity index is 1.80. The van der Waals surface area contributed by atoms with Crippen molar-refractivity contribution in [2.75, 3.05) is 13.1 Å². The second-order valence-electron chi connectivity index (χ2n) is 7.73. The van der Waals surface area contributed by atoms with Crippen LogP contribution >= 0.6 is 0 Å². The first-order valence-corrected chi connectivity index (χ1v) is 9.11. The first-order chi connectivity index (χ1) is 11.3. The Bertz CT molecular complexity index is 526. The lowest BCUT2D eigenvalue weighted by Gasteiger charge is -2.35. The summed E-state index contributed by atoms with van der Waals surface area (Å²) in [4.78, 5) is 13.9. The van der Waals surface area contributed by atoms with E-state index in [-0.39, 0.29) is 6.09 Å². The lowest BCUT2D eigenvalue weighted by atomic mass is 10.0. The molecule has 1 heterocycles. The Morgan fingerprint density at radius 1 is 1.25 bits per heavy atom. The Morgan fingerprint density at radius 2 is 1.83 bits per heavy atom. The predicted molar refractivity (Wildman–Crippen MR) is 98.2 cm³/mol. The molecule has 1 saturated heterocycles. The molecule has 0 aromatic heterocycles. The van der Waals surface area contributed by atoms with Gasteiger partial charge in [-0.1, -0.05) is 31.2 Å². The number of carbonyl (C=O) groups excluding carboxylic acids is 1. The highest BCUT2D eigenvalue weighted by molar-refractivity contribution is 5.68. The van der Waals surface area contributed by atoms with Crippen LogP contribution < -0.4 is 5.32 Å². The van der Waals surface area contributed by atoms with Gasteiger partial charge in [0.1, 0.15) is 5.60 Å². The minimum absolute atomic E-state index is 0.191. The Morgan fingerprint density at radius 3 is 2.33 bits per heavy atom. The van der Waals surface area contributed by atoms with Crippen molar-refractivity contribution in [3.05, 3.63) is 35.4 Å². The number of nitrogens with zero attached hydrogens (tertiary/aromatic N) is 1. The molecule has 1 atom stereocenters. The number of aryl methyl sites for hydroxylation is 1. The fourth-order valence-corrected chi connectivity index (χ4v) is 3.05. The second kappa shape index (κ2) is 8.02. The molecule has 24 heavy (non-hydrogen) atoms. The first-order valence-electron chi connectivity index (χ1n) is 9.11. The topological polar surface area (TPSA) is 41.6 Å². The van der Waals surface area contributed by atoms with Crippen LogP contribution in [0.2, 0.25) is 0 Å². The van der Waals surface area contributed by atoms with Crippen LogP contribution in [0.3, 0.4) is 0 Å². The second-order valence-corrected chi connectivity index (χ2v) is 7.73. The van der Waals surface area contributed by atoms with Gasteiger partial charge in [0, 0.05) is 25.2 Å². The molecule has 1 N–H and O–H groups in total. The van der Waals surface area contributed by atoms with Gasteiger partial charge in [0.05, 0.1) is 0 Å². The molecule has 0 saturated carbocycles. The number of nitrogens with one attached hydrogen (secondary N) is 1. The molecule has 1 aromatic rings. The summed E-state index contributed by atoms with van der Waals surface area (Å²) in [7, 11) is 0. The van der Waals surface area contributed by atoms with Crippen molar-refractivity contribution in [3.8, 4) is 0 Å². The van der Waals surface area contributed by atoms with Crippen LogP contribution in [0.15, 0.2) is 24.3 Å². The van der Waals surface area contributed by atoms with Crippen molar-refractivity contribution in [1.82, 2.24) is 10.2 Å². The van der Waals surface area contributed by atoms with E-state index >= 15 is 0 Å². The molecule has 1 aliphatic heterocycles. The minimum atomic E-state index is -0.425. The number of rotatable bonds is 4. The third kappa shape index (κ3) is 5.52. The molecule has 0 aliphatic carbocycles. The van der Waals surface area contributed by atoms with Gasteiger partial charge in [-0.05, 0) is 58.1 Å². The summed E-state index contributed by atoms with van der Waals surface area (Å²) in [5.74, 6) is 0. The maximum Gasteiger partial charge on any atom is 0.410 e. The molecular weight excluding hydrogens is 300 g/mol. The van der Waals surface area contributed by atoms with Crippen LogP contribution in [-0.2, 0) is 11.2 Å². The van der Waals surface area contributed by atoms with Crippen LogP contribution in [0.25, 0.3) is 0 Å². The van der Waals surface area contributed by atoms with Crippen LogP contribution in [0.5, 0.6) is 0 Å². The highest BCUT2D eigenvalue weighted by Crippen LogP contribution is 2.19. The van der Waals surface area contributed by atoms with E-state index in [0.29, 0.717) is 12.1 Å². The van der Waals surface area contributed by atoms with Gasteiger partial charge in [-0.3, -0.25) is 0 Å². The fourth-order valence-electron chi connectivity index (χ4n) is 3.05. The van der Waals surface area contributed by atoms with Gasteiger partial charge in [-0.25, -0.2) is 4.79 Å². The van der Waals surface area contributed by atoms with Gasteiger partial charge < -0.3 is 15.0 Å². The van der Waals surface area contributed by atoms with E-state index in [0.717, 1.165) is 32.4 Å². The molecule has 1 aromatic carbocycles. The van der Waals surface area contributed by atoms with E-state index in [9.17, 15) is 4.79 Å². The van der Waals surface area contributed by atoms with Crippen molar-refractivity contribution < 1.29 is 9.53 Å². The van der Waals surface area contributed by atoms with Crippen LogP contribution in [0.1, 0.15) is 64.6 Å². The Hall–Kier alpha value is -1.55. The van der Waals surface area contributed by atoms with Gasteiger partial charge in [0.2, 0.25) is 0 Å². The molecule has 0 bridgehead atoms. The molecule has 4 heteroatoms. The molecule has 0 spiro atoms. The standard InChI is InChI=1S/C20H32N2O2/c1-6-16-7-9-17(10-8-16)15(2)21-18-11-13-22(14-12-18)19(23)24-20(3,4)5/h7-10,15,18,21H,6,11-14H2,1-5H3/t15-/m0/s1. The summed E-state index contributed by atoms with van der Waals surface area (Å²) in [5.41, 5.74) is 2.27. The Kier molecular flexibility index (Phi) is 6.27. The van der Waals surface area contributed by atoms with Crippen molar-refractivity contribution in [3.63, 3.8) is 0 Å². The number of benzene rings is 1. The van der Waals surface area contributed by atoms with Crippen LogP contribution in [0, 0.1) is 0 Å². The van der Waals surface area contributed by atoms with Gasteiger partial charge in [0.25, 0.3) is 0 Å². The molecule has 1 amide bonds. The highest BCUT2D eigenvalue weighted by atomic mass is 16.6. The third-order valence-corrected chi connectivity index (χ3v) is 4.52. The first kappa shape index (κ1) is 18.8. The molecular formula is C20H32N2O2. The lowest BCUT2D eigenvalue weighted by Crippen LogP contribution is -2.46. The van der Waals surface area contributed by atoms with E-state index in [4.69, 9.17) is 4.74 Å². The molecule has 1 aliphatic rings. The lowest BCUT2D eigenvalue weighted by molar-refractivity contribution is 0.0196. The van der Waals surface area contributed by atoms with Gasteiger partial charge in [-0.15, -0.1) is 0 Å². The smallest absolute Gasteiger partial charge is 0.410 e. The number of hydrogen-bond donors (Lipinski definition) is 1. The summed E-state index contributed by atoms with van der Waals surface area (Å²) >= 11 is 0. The Labute approximate surface area is 146 Å². The van der Waals surface area contributed by atoms with Gasteiger partial charge >= 0.3 is 6.09 Å². The van der Waals surface area contributed by atoms with Crippen molar-refractivity contribution >= 4 is 6.09 Å². The number of amides is 1. The summed E-state index contributed by atoms with van der Waals surface area (Å²) in [5, 5.41) is 3.70. The number of piperidine rings is 1. The fraction of sp³-hybridized carbons (Fsp3) is 0.650. The predicted octanol–water partition coefficient (Wildman–Crippen LogP) is 4.30. The van der Waals surface area contributed by atoms with Gasteiger partial charge in [-0.2, -0.15) is 0 Å². The summed E-state index contributed by atoms with van der Waals surface area (Å²) in [6, 6.07) is 9.62. The normalized spacial score (nSPS) is 17.6. The zero-order valence-corrected chi connectivity index (χ0v) is 15.8. The van der Waals surface area contributed by atoms with E-state index < -0.39 is 5.60 Å². The molecule has 4 nitrogen and oxygen atoms in total. The zero-order chi connectivity index (χ0) is 17.7. The van der Waals surface area contributed by atoms with Crippen molar-refractivity contribution in [1.29, 1.82) is 0 Å². The van der Waals surface area contributed by atoms with Crippen molar-refractivity contribution in [2.45, 2.75) is 71.6 Å². The number of ether oxygens (including phenoxy) is 1. The van der Waals surface area contributed by atoms with Gasteiger partial charge in [0.15, 0.2) is 0 Å².